The molecule has 0 spiro atoms. The Hall–Kier alpha value is -0.589. The van der Waals surface area contributed by atoms with Gasteiger partial charge in [-0.25, -0.2) is 0 Å². The van der Waals surface area contributed by atoms with E-state index in [4.69, 9.17) is 65.1 Å². The number of nitrogens with zero attached hydrogens (tertiary/aromatic N) is 1. The number of nitriles is 1. The number of hydrogen-bond acceptors (Lipinski definition) is 16. The molecule has 2 atom stereocenters. The molecule has 1 aromatic rings. The van der Waals surface area contributed by atoms with Gasteiger partial charge in [0.05, 0.1) is 6.07 Å². The molecule has 22 heteroatoms. The first kappa shape index (κ1) is 42.4. The molecular weight excluding hydrogens is 699 g/mol. The van der Waals surface area contributed by atoms with Crippen molar-refractivity contribution in [3.63, 3.8) is 0 Å². The number of benzene rings is 1. The zero-order valence-corrected chi connectivity index (χ0v) is 34.3. The third-order valence-electron chi connectivity index (χ3n) is 6.95. The summed E-state index contributed by atoms with van der Waals surface area (Å²) >= 11 is 0. The summed E-state index contributed by atoms with van der Waals surface area (Å²) in [5.74, 6) is 0. The fraction of sp³-hybridized carbons (Fsp3) is 0.696. The summed E-state index contributed by atoms with van der Waals surface area (Å²) in [7, 11) is -6.73. The Labute approximate surface area is 273 Å². The standard InChI is InChI=1S/C23H49NO15Si6/c1-25-40(12,26-2)36-43(32-8,22-21-41(27-3,28-4)29-5)37-44(33-9,23-17-14-13-15-18-23)39-45(34-10,35-11)38-42(30-6,31-7)20-16-19-24/h13-15,17-18H,16,20-22H2,1-12H3. The lowest BCUT2D eigenvalue weighted by Gasteiger charge is -2.43. The molecule has 0 aromatic heterocycles. The summed E-state index contributed by atoms with van der Waals surface area (Å²) < 4.78 is 90.5. The lowest BCUT2D eigenvalue weighted by Crippen LogP contribution is -2.72. The van der Waals surface area contributed by atoms with Gasteiger partial charge >= 0.3 is 53.1 Å². The highest BCUT2D eigenvalue weighted by molar-refractivity contribution is 6.90. The van der Waals surface area contributed by atoms with Crippen molar-refractivity contribution in [3.05, 3.63) is 30.3 Å². The van der Waals surface area contributed by atoms with Crippen molar-refractivity contribution in [2.45, 2.75) is 31.1 Å². The molecule has 45 heavy (non-hydrogen) atoms. The molecule has 0 saturated heterocycles. The third-order valence-corrected chi connectivity index (χ3v) is 27.2. The largest absolute Gasteiger partial charge is 0.664 e. The van der Waals surface area contributed by atoms with Gasteiger partial charge in [-0.15, -0.1) is 0 Å². The van der Waals surface area contributed by atoms with Crippen LogP contribution in [-0.2, 0) is 65.1 Å². The van der Waals surface area contributed by atoms with Crippen LogP contribution in [0.15, 0.2) is 30.3 Å². The first-order valence-electron chi connectivity index (χ1n) is 13.7. The lowest BCUT2D eigenvalue weighted by atomic mass is 10.4. The molecule has 2 unspecified atom stereocenters. The molecule has 0 N–H and O–H groups in total. The SMILES string of the molecule is CO[Si](C)(OC)O[Si](CC[Si](OC)(OC)OC)(OC)O[Si](OC)(O[Si](OC)(OC)O[Si](CCC#N)(OC)OC)c1ccccc1. The predicted molar refractivity (Wildman–Crippen MR) is 173 cm³/mol. The van der Waals surface area contributed by atoms with E-state index in [2.05, 4.69) is 6.07 Å². The molecule has 0 fully saturated rings. The Kier molecular flexibility index (Phi) is 18.3. The van der Waals surface area contributed by atoms with Crippen LogP contribution >= 0.6 is 0 Å². The van der Waals surface area contributed by atoms with Gasteiger partial charge in [0.1, 0.15) is 0 Å². The van der Waals surface area contributed by atoms with E-state index in [1.54, 1.807) is 30.8 Å². The first-order valence-corrected chi connectivity index (χ1v) is 25.0. The van der Waals surface area contributed by atoms with Gasteiger partial charge in [0.25, 0.3) is 0 Å². The van der Waals surface area contributed by atoms with Crippen LogP contribution in [0, 0.1) is 11.3 Å². The Morgan fingerprint density at radius 1 is 0.511 bits per heavy atom. The molecule has 0 bridgehead atoms. The van der Waals surface area contributed by atoms with E-state index in [0.29, 0.717) is 5.19 Å². The third kappa shape index (κ3) is 11.0. The van der Waals surface area contributed by atoms with Gasteiger partial charge in [0.15, 0.2) is 0 Å². The summed E-state index contributed by atoms with van der Waals surface area (Å²) in [4.78, 5) is 0. The van der Waals surface area contributed by atoms with E-state index in [9.17, 15) is 5.26 Å². The Balaban J connectivity index is 3.95. The minimum absolute atomic E-state index is 0.0861. The molecule has 1 aromatic carbocycles. The second-order valence-electron chi connectivity index (χ2n) is 9.15. The molecule has 260 valence electrons. The maximum atomic E-state index is 9.28. The summed E-state index contributed by atoms with van der Waals surface area (Å²) in [6, 6.07) is 11.5. The highest BCUT2D eigenvalue weighted by atomic mass is 28.5. The normalized spacial score (nSPS) is 15.8. The van der Waals surface area contributed by atoms with Gasteiger partial charge in [0.2, 0.25) is 0 Å². The Morgan fingerprint density at radius 3 is 1.40 bits per heavy atom. The van der Waals surface area contributed by atoms with E-state index < -0.39 is 53.1 Å². The molecule has 0 heterocycles. The van der Waals surface area contributed by atoms with Crippen molar-refractivity contribution >= 4 is 58.3 Å². The quantitative estimate of drug-likeness (QED) is 0.133. The van der Waals surface area contributed by atoms with Crippen molar-refractivity contribution in [1.82, 2.24) is 0 Å². The minimum Gasteiger partial charge on any atom is -0.378 e. The molecule has 1 rings (SSSR count). The van der Waals surface area contributed by atoms with Gasteiger partial charge in [-0.2, -0.15) is 5.26 Å². The van der Waals surface area contributed by atoms with Crippen LogP contribution in [0.2, 0.25) is 24.7 Å². The maximum absolute atomic E-state index is 9.28. The summed E-state index contributed by atoms with van der Waals surface area (Å²) in [5.41, 5.74) is 0. The van der Waals surface area contributed by atoms with Crippen molar-refractivity contribution in [2.75, 3.05) is 78.2 Å². The van der Waals surface area contributed by atoms with E-state index in [1.807, 2.05) is 6.07 Å². The molecule has 16 nitrogen and oxygen atoms in total. The van der Waals surface area contributed by atoms with Crippen LogP contribution in [0.3, 0.4) is 0 Å². The van der Waals surface area contributed by atoms with Gasteiger partial charge < -0.3 is 65.1 Å². The topological polar surface area (TPSA) is 162 Å². The molecule has 0 aliphatic carbocycles. The van der Waals surface area contributed by atoms with Crippen molar-refractivity contribution in [2.24, 2.45) is 0 Å². The highest BCUT2D eigenvalue weighted by Gasteiger charge is 2.66. The van der Waals surface area contributed by atoms with Gasteiger partial charge in [-0.3, -0.25) is 0 Å². The second kappa shape index (κ2) is 19.4. The molecule has 0 saturated carbocycles. The monoisotopic (exact) mass is 747 g/mol. The number of rotatable bonds is 25. The van der Waals surface area contributed by atoms with Gasteiger partial charge in [-0.05, 0) is 0 Å². The van der Waals surface area contributed by atoms with E-state index in [0.717, 1.165) is 0 Å². The zero-order valence-electron chi connectivity index (χ0n) is 28.3. The van der Waals surface area contributed by atoms with Crippen LogP contribution in [-0.4, -0.2) is 131 Å². The summed E-state index contributed by atoms with van der Waals surface area (Å²) in [6.07, 6.45) is 0.0861. The van der Waals surface area contributed by atoms with Crippen molar-refractivity contribution in [1.29, 1.82) is 5.26 Å². The van der Waals surface area contributed by atoms with Crippen molar-refractivity contribution in [3.8, 4) is 6.07 Å². The van der Waals surface area contributed by atoms with Gasteiger partial charge in [-0.1, -0.05) is 30.3 Å². The maximum Gasteiger partial charge on any atom is 0.664 e. The minimum atomic E-state index is -4.27. The van der Waals surface area contributed by atoms with Crippen LogP contribution in [0.5, 0.6) is 0 Å². The van der Waals surface area contributed by atoms with E-state index in [1.165, 1.54) is 78.2 Å². The first-order chi connectivity index (χ1) is 21.4. The van der Waals surface area contributed by atoms with Crippen LogP contribution in [0.4, 0.5) is 0 Å². The molecular formula is C23H49NO15Si6. The smallest absolute Gasteiger partial charge is 0.378 e. The highest BCUT2D eigenvalue weighted by Crippen LogP contribution is 2.33. The van der Waals surface area contributed by atoms with Crippen LogP contribution < -0.4 is 5.19 Å². The second-order valence-corrected chi connectivity index (χ2v) is 26.9. The molecule has 0 aliphatic heterocycles. The Bertz CT molecular complexity index is 1010. The van der Waals surface area contributed by atoms with Crippen LogP contribution in [0.1, 0.15) is 6.42 Å². The fourth-order valence-corrected chi connectivity index (χ4v) is 24.5. The number of hydrogen-bond donors (Lipinski definition) is 0. The molecule has 0 aliphatic rings. The summed E-state index contributed by atoms with van der Waals surface area (Å²) in [6.45, 7) is 1.70. The predicted octanol–water partition coefficient (Wildman–Crippen LogP) is 1.74. The van der Waals surface area contributed by atoms with E-state index in [-0.39, 0.29) is 24.6 Å². The molecule has 0 radical (unpaired) electrons. The van der Waals surface area contributed by atoms with Crippen LogP contribution in [0.25, 0.3) is 0 Å². The average Bonchev–Trinajstić information content (AvgIpc) is 3.10. The zero-order chi connectivity index (χ0) is 34.3. The molecule has 0 amide bonds. The average molecular weight is 748 g/mol. The Morgan fingerprint density at radius 2 is 1.00 bits per heavy atom. The van der Waals surface area contributed by atoms with Crippen molar-refractivity contribution < 1.29 is 65.1 Å². The van der Waals surface area contributed by atoms with Gasteiger partial charge in [0, 0.05) is 114 Å². The summed E-state index contributed by atoms with van der Waals surface area (Å²) in [5, 5.41) is 9.79. The van der Waals surface area contributed by atoms with E-state index >= 15 is 0 Å². The fourth-order valence-electron chi connectivity index (χ4n) is 4.06. The lowest BCUT2D eigenvalue weighted by molar-refractivity contribution is 0.0115.